The largest absolute Gasteiger partial charge is 0.395 e. The van der Waals surface area contributed by atoms with Gasteiger partial charge in [-0.25, -0.2) is 0 Å². The molecular formula is C23H23N3O5. The van der Waals surface area contributed by atoms with Crippen molar-refractivity contribution < 1.29 is 23.9 Å². The van der Waals surface area contributed by atoms with E-state index in [1.54, 1.807) is 0 Å². The Labute approximate surface area is 178 Å². The van der Waals surface area contributed by atoms with Crippen molar-refractivity contribution in [3.63, 3.8) is 0 Å². The molecule has 1 aromatic heterocycles. The van der Waals surface area contributed by atoms with E-state index in [4.69, 9.17) is 14.0 Å². The first-order valence-electron chi connectivity index (χ1n) is 10.7. The van der Waals surface area contributed by atoms with Gasteiger partial charge in [0.25, 0.3) is 0 Å². The minimum Gasteiger partial charge on any atom is -0.395 e. The van der Waals surface area contributed by atoms with E-state index in [0.29, 0.717) is 47.8 Å². The number of rotatable bonds is 4. The van der Waals surface area contributed by atoms with Crippen molar-refractivity contribution in [2.24, 2.45) is 0 Å². The van der Waals surface area contributed by atoms with Crippen LogP contribution in [-0.2, 0) is 9.47 Å². The molecule has 2 saturated heterocycles. The van der Waals surface area contributed by atoms with Crippen molar-refractivity contribution in [1.82, 2.24) is 5.16 Å². The lowest BCUT2D eigenvalue weighted by molar-refractivity contribution is -0.169. The zero-order valence-corrected chi connectivity index (χ0v) is 17.0. The van der Waals surface area contributed by atoms with Crippen molar-refractivity contribution in [3.05, 3.63) is 41.5 Å². The molecule has 3 heterocycles. The number of ketones is 1. The van der Waals surface area contributed by atoms with E-state index in [9.17, 15) is 9.90 Å². The quantitative estimate of drug-likeness (QED) is 0.519. The Bertz CT molecular complexity index is 1170. The number of benzene rings is 2. The van der Waals surface area contributed by atoms with Gasteiger partial charge in [0.1, 0.15) is 5.52 Å². The van der Waals surface area contributed by atoms with Gasteiger partial charge in [0.15, 0.2) is 17.3 Å². The Morgan fingerprint density at radius 3 is 2.61 bits per heavy atom. The first-order valence-corrected chi connectivity index (χ1v) is 10.7. The Morgan fingerprint density at radius 1 is 1.13 bits per heavy atom. The van der Waals surface area contributed by atoms with Crippen LogP contribution in [-0.4, -0.2) is 61.3 Å². The molecule has 0 atom stereocenters. The van der Waals surface area contributed by atoms with E-state index in [2.05, 4.69) is 15.4 Å². The van der Waals surface area contributed by atoms with Gasteiger partial charge >= 0.3 is 0 Å². The molecule has 31 heavy (non-hydrogen) atoms. The van der Waals surface area contributed by atoms with Gasteiger partial charge in [-0.3, -0.25) is 4.79 Å². The summed E-state index contributed by atoms with van der Waals surface area (Å²) in [6, 6.07) is 9.40. The fraction of sp³-hybridized carbons (Fsp3) is 0.391. The van der Waals surface area contributed by atoms with Crippen LogP contribution in [0.15, 0.2) is 34.9 Å². The van der Waals surface area contributed by atoms with Crippen LogP contribution in [0.2, 0.25) is 0 Å². The van der Waals surface area contributed by atoms with Crippen LogP contribution in [0.3, 0.4) is 0 Å². The predicted molar refractivity (Wildman–Crippen MR) is 115 cm³/mol. The van der Waals surface area contributed by atoms with E-state index < -0.39 is 5.79 Å². The number of nitrogens with one attached hydrogen (secondary N) is 1. The molecule has 2 aromatic carbocycles. The molecular weight excluding hydrogens is 398 g/mol. The van der Waals surface area contributed by atoms with Crippen LogP contribution >= 0.6 is 0 Å². The van der Waals surface area contributed by atoms with Gasteiger partial charge in [-0.05, 0) is 6.07 Å². The molecule has 1 aliphatic carbocycles. The predicted octanol–water partition coefficient (Wildman–Crippen LogP) is 2.79. The second-order valence-corrected chi connectivity index (χ2v) is 8.17. The van der Waals surface area contributed by atoms with Gasteiger partial charge in [-0.2, -0.15) is 0 Å². The van der Waals surface area contributed by atoms with Crippen LogP contribution < -0.4 is 10.2 Å². The lowest BCUT2D eigenvalue weighted by Crippen LogP contribution is -2.45. The number of anilines is 2. The van der Waals surface area contributed by atoms with Gasteiger partial charge in [0.2, 0.25) is 0 Å². The number of hydrogen-bond acceptors (Lipinski definition) is 8. The Morgan fingerprint density at radius 2 is 1.87 bits per heavy atom. The minimum absolute atomic E-state index is 0.0327. The highest BCUT2D eigenvalue weighted by molar-refractivity contribution is 6.28. The third-order valence-corrected chi connectivity index (χ3v) is 6.49. The summed E-state index contributed by atoms with van der Waals surface area (Å²) >= 11 is 0. The van der Waals surface area contributed by atoms with Gasteiger partial charge < -0.3 is 29.3 Å². The van der Waals surface area contributed by atoms with E-state index in [-0.39, 0.29) is 12.4 Å². The molecule has 6 rings (SSSR count). The molecule has 0 bridgehead atoms. The van der Waals surface area contributed by atoms with Gasteiger partial charge in [0, 0.05) is 49.3 Å². The number of piperidine rings is 1. The number of ether oxygens (including phenoxy) is 2. The van der Waals surface area contributed by atoms with E-state index in [0.717, 1.165) is 42.6 Å². The molecule has 1 spiro atoms. The third-order valence-electron chi connectivity index (χ3n) is 6.49. The zero-order chi connectivity index (χ0) is 21.0. The summed E-state index contributed by atoms with van der Waals surface area (Å²) in [6.45, 7) is 3.10. The maximum atomic E-state index is 13.4. The Kier molecular flexibility index (Phi) is 4.27. The molecule has 2 aliphatic heterocycles. The first-order chi connectivity index (χ1) is 15.2. The highest BCUT2D eigenvalue weighted by Crippen LogP contribution is 2.46. The molecule has 2 fully saturated rings. The van der Waals surface area contributed by atoms with Crippen molar-refractivity contribution in [2.45, 2.75) is 18.6 Å². The molecule has 8 heteroatoms. The minimum atomic E-state index is -0.469. The number of hydrogen-bond donors (Lipinski definition) is 2. The summed E-state index contributed by atoms with van der Waals surface area (Å²) < 4.78 is 17.5. The lowest BCUT2D eigenvalue weighted by atomic mass is 9.86. The van der Waals surface area contributed by atoms with Gasteiger partial charge in [0.05, 0.1) is 36.5 Å². The number of carbonyl (C=O) groups is 1. The summed E-state index contributed by atoms with van der Waals surface area (Å²) in [5.41, 5.74) is 4.20. The molecule has 0 saturated carbocycles. The van der Waals surface area contributed by atoms with Crippen LogP contribution in [0.25, 0.3) is 22.2 Å². The molecule has 0 unspecified atom stereocenters. The average molecular weight is 421 g/mol. The normalized spacial score (nSPS) is 19.3. The number of aromatic nitrogens is 1. The Hall–Kier alpha value is -2.94. The number of nitrogens with zero attached hydrogens (tertiary/aromatic N) is 2. The van der Waals surface area contributed by atoms with Crippen molar-refractivity contribution in [1.29, 1.82) is 0 Å². The van der Waals surface area contributed by atoms with E-state index in [1.807, 2.05) is 30.3 Å². The maximum Gasteiger partial charge on any atom is 0.196 e. The number of aliphatic hydroxyl groups is 1. The Balaban J connectivity index is 1.49. The fourth-order valence-corrected chi connectivity index (χ4v) is 4.99. The topological polar surface area (TPSA) is 97.1 Å². The third kappa shape index (κ3) is 2.79. The summed E-state index contributed by atoms with van der Waals surface area (Å²) in [7, 11) is 0. The SMILES string of the molecule is O=C1c2ccccc2-c2onc3c(N4CCC5(CC4)OCCO5)cc(NCCO)c1c23. The van der Waals surface area contributed by atoms with Crippen molar-refractivity contribution in [2.75, 3.05) is 49.7 Å². The van der Waals surface area contributed by atoms with Gasteiger partial charge in [-0.1, -0.05) is 29.4 Å². The van der Waals surface area contributed by atoms with Crippen LogP contribution in [0, 0.1) is 0 Å². The van der Waals surface area contributed by atoms with E-state index >= 15 is 0 Å². The average Bonchev–Trinajstić information content (AvgIpc) is 3.45. The lowest BCUT2D eigenvalue weighted by Gasteiger charge is -2.39. The van der Waals surface area contributed by atoms with E-state index in [1.165, 1.54) is 0 Å². The number of fused-ring (bicyclic) bond motifs is 2. The second-order valence-electron chi connectivity index (χ2n) is 8.17. The monoisotopic (exact) mass is 421 g/mol. The van der Waals surface area contributed by atoms with Crippen molar-refractivity contribution in [3.8, 4) is 11.3 Å². The molecule has 8 nitrogen and oxygen atoms in total. The van der Waals surface area contributed by atoms with Crippen LogP contribution in [0.4, 0.5) is 11.4 Å². The smallest absolute Gasteiger partial charge is 0.196 e. The molecule has 3 aliphatic rings. The highest BCUT2D eigenvalue weighted by Gasteiger charge is 2.41. The summed E-state index contributed by atoms with van der Waals surface area (Å²) in [6.07, 6.45) is 1.53. The standard InChI is InChI=1S/C23H23N3O5/c27-10-7-24-16-13-17(26-8-5-23(6-9-26)29-11-12-30-23)20-19-18(16)21(28)14-3-1-2-4-15(14)22(19)31-25-20/h1-4,13,24,27H,5-12H2. The summed E-state index contributed by atoms with van der Waals surface area (Å²) in [4.78, 5) is 15.7. The molecule has 3 aromatic rings. The van der Waals surface area contributed by atoms with Gasteiger partial charge in [-0.15, -0.1) is 0 Å². The maximum absolute atomic E-state index is 13.4. The number of aliphatic hydroxyl groups excluding tert-OH is 1. The molecule has 0 radical (unpaired) electrons. The molecule has 160 valence electrons. The zero-order valence-electron chi connectivity index (χ0n) is 17.0. The summed E-state index contributed by atoms with van der Waals surface area (Å²) in [5, 5.41) is 17.7. The van der Waals surface area contributed by atoms with Crippen LogP contribution in [0.5, 0.6) is 0 Å². The fourth-order valence-electron chi connectivity index (χ4n) is 4.99. The highest BCUT2D eigenvalue weighted by atomic mass is 16.7. The summed E-state index contributed by atoms with van der Waals surface area (Å²) in [5.74, 6) is 0.0849. The number of carbonyl (C=O) groups excluding carboxylic acids is 1. The van der Waals surface area contributed by atoms with Crippen molar-refractivity contribution >= 4 is 28.1 Å². The van der Waals surface area contributed by atoms with Crippen LogP contribution in [0.1, 0.15) is 28.8 Å². The second kappa shape index (κ2) is 7.05. The first kappa shape index (κ1) is 18.8. The molecule has 0 amide bonds. The molecule has 2 N–H and O–H groups in total.